The topological polar surface area (TPSA) is 43.4 Å². The van der Waals surface area contributed by atoms with Crippen molar-refractivity contribution in [3.63, 3.8) is 0 Å². The van der Waals surface area contributed by atoms with Gasteiger partial charge in [0.1, 0.15) is 0 Å². The third-order valence-corrected chi connectivity index (χ3v) is 5.23. The molecule has 1 aromatic rings. The average Bonchev–Trinajstić information content (AvgIpc) is 2.97. The maximum absolute atomic E-state index is 11.8. The smallest absolute Gasteiger partial charge is 0.347 e. The summed E-state index contributed by atoms with van der Waals surface area (Å²) in [5.74, 6) is -1.06. The second-order valence-electron chi connectivity index (χ2n) is 7.53. The second kappa shape index (κ2) is 12.5. The van der Waals surface area contributed by atoms with Gasteiger partial charge in [0.05, 0.1) is 11.1 Å². The monoisotopic (exact) mass is 370 g/mol. The average molecular weight is 371 g/mol. The zero-order valence-corrected chi connectivity index (χ0v) is 16.8. The molecule has 0 aromatic heterocycles. The third kappa shape index (κ3) is 7.32. The predicted octanol–water partition coefficient (Wildman–Crippen LogP) is 7.10. The molecular weight excluding hydrogens is 336 g/mol. The summed E-state index contributed by atoms with van der Waals surface area (Å²) < 4.78 is 4.68. The quantitative estimate of drug-likeness (QED) is 0.199. The standard InChI is InChI=1S/C24H34O3/c1-2-3-4-5-6-7-8-9-10-11-12-13-14-15-17-20-18-16-19-21-22(20)24(26)27-23(21)25/h15-19H,2-14H2,1H3. The molecule has 3 heteroatoms. The van der Waals surface area contributed by atoms with E-state index >= 15 is 0 Å². The number of allylic oxidation sites excluding steroid dienone is 1. The Morgan fingerprint density at radius 3 is 2.00 bits per heavy atom. The molecular formula is C24H34O3. The normalized spacial score (nSPS) is 13.4. The van der Waals surface area contributed by atoms with Crippen LogP contribution in [0.2, 0.25) is 0 Å². The van der Waals surface area contributed by atoms with Crippen molar-refractivity contribution >= 4 is 18.0 Å². The van der Waals surface area contributed by atoms with E-state index in [1.54, 1.807) is 12.1 Å². The van der Waals surface area contributed by atoms with Crippen molar-refractivity contribution in [2.45, 2.75) is 90.4 Å². The van der Waals surface area contributed by atoms with Gasteiger partial charge in [0.15, 0.2) is 0 Å². The summed E-state index contributed by atoms with van der Waals surface area (Å²) >= 11 is 0. The SMILES string of the molecule is CCCCCCCCCCCCCCC=Cc1cccc2c1C(=O)OC2=O. The summed E-state index contributed by atoms with van der Waals surface area (Å²) in [5, 5.41) is 0. The number of carbonyl (C=O) groups is 2. The van der Waals surface area contributed by atoms with Crippen LogP contribution in [-0.2, 0) is 4.74 Å². The Hall–Kier alpha value is -1.90. The summed E-state index contributed by atoms with van der Waals surface area (Å²) in [4.78, 5) is 23.3. The molecule has 3 nitrogen and oxygen atoms in total. The first-order valence-electron chi connectivity index (χ1n) is 10.8. The van der Waals surface area contributed by atoms with E-state index in [4.69, 9.17) is 0 Å². The molecule has 148 valence electrons. The van der Waals surface area contributed by atoms with Crippen molar-refractivity contribution in [2.75, 3.05) is 0 Å². The number of carbonyl (C=O) groups excluding carboxylic acids is 2. The lowest BCUT2D eigenvalue weighted by Crippen LogP contribution is -1.98. The number of cyclic esters (lactones) is 2. The van der Waals surface area contributed by atoms with Crippen molar-refractivity contribution in [1.29, 1.82) is 0 Å². The van der Waals surface area contributed by atoms with Gasteiger partial charge in [-0.1, -0.05) is 102 Å². The molecule has 0 spiro atoms. The molecule has 1 heterocycles. The molecule has 0 fully saturated rings. The van der Waals surface area contributed by atoms with Gasteiger partial charge in [-0.25, -0.2) is 9.59 Å². The van der Waals surface area contributed by atoms with Crippen LogP contribution in [0, 0.1) is 0 Å². The van der Waals surface area contributed by atoms with E-state index in [9.17, 15) is 9.59 Å². The molecule has 0 saturated heterocycles. The van der Waals surface area contributed by atoms with E-state index in [0.717, 1.165) is 12.0 Å². The number of hydrogen-bond acceptors (Lipinski definition) is 3. The molecule has 2 rings (SSSR count). The fraction of sp³-hybridized carbons (Fsp3) is 0.583. The van der Waals surface area contributed by atoms with Crippen LogP contribution in [0.25, 0.3) is 6.08 Å². The summed E-state index contributed by atoms with van der Waals surface area (Å²) in [6, 6.07) is 5.30. The van der Waals surface area contributed by atoms with Crippen LogP contribution >= 0.6 is 0 Å². The minimum Gasteiger partial charge on any atom is -0.386 e. The first-order valence-corrected chi connectivity index (χ1v) is 10.8. The number of fused-ring (bicyclic) bond motifs is 1. The number of unbranched alkanes of at least 4 members (excludes halogenated alkanes) is 12. The number of esters is 2. The van der Waals surface area contributed by atoms with E-state index in [-0.39, 0.29) is 0 Å². The Kier molecular flexibility index (Phi) is 9.89. The molecule has 0 radical (unpaired) electrons. The fourth-order valence-corrected chi connectivity index (χ4v) is 3.61. The van der Waals surface area contributed by atoms with Gasteiger partial charge in [0.25, 0.3) is 0 Å². The van der Waals surface area contributed by atoms with E-state index in [1.807, 2.05) is 12.1 Å². The van der Waals surface area contributed by atoms with E-state index in [1.165, 1.54) is 77.0 Å². The Morgan fingerprint density at radius 1 is 0.778 bits per heavy atom. The molecule has 0 unspecified atom stereocenters. The number of ether oxygens (including phenoxy) is 1. The molecule has 27 heavy (non-hydrogen) atoms. The van der Waals surface area contributed by atoms with Crippen molar-refractivity contribution in [3.8, 4) is 0 Å². The lowest BCUT2D eigenvalue weighted by molar-refractivity contribution is 0.0443. The fourth-order valence-electron chi connectivity index (χ4n) is 3.61. The van der Waals surface area contributed by atoms with Gasteiger partial charge in [0, 0.05) is 0 Å². The summed E-state index contributed by atoms with van der Waals surface area (Å²) in [7, 11) is 0. The van der Waals surface area contributed by atoms with Crippen molar-refractivity contribution in [1.82, 2.24) is 0 Å². The minimum atomic E-state index is -0.536. The third-order valence-electron chi connectivity index (χ3n) is 5.23. The highest BCUT2D eigenvalue weighted by Crippen LogP contribution is 2.24. The highest BCUT2D eigenvalue weighted by atomic mass is 16.6. The minimum absolute atomic E-state index is 0.382. The predicted molar refractivity (Wildman–Crippen MR) is 111 cm³/mol. The highest BCUT2D eigenvalue weighted by Gasteiger charge is 2.31. The molecule has 1 aromatic carbocycles. The lowest BCUT2D eigenvalue weighted by Gasteiger charge is -2.02. The molecule has 1 aliphatic heterocycles. The van der Waals surface area contributed by atoms with Crippen LogP contribution in [0.5, 0.6) is 0 Å². The Balaban J connectivity index is 1.52. The van der Waals surface area contributed by atoms with Crippen LogP contribution in [0.3, 0.4) is 0 Å². The molecule has 0 N–H and O–H groups in total. The van der Waals surface area contributed by atoms with Crippen LogP contribution in [0.15, 0.2) is 24.3 Å². The molecule has 0 bridgehead atoms. The van der Waals surface area contributed by atoms with Crippen LogP contribution < -0.4 is 0 Å². The van der Waals surface area contributed by atoms with Gasteiger partial charge in [-0.15, -0.1) is 0 Å². The van der Waals surface area contributed by atoms with Gasteiger partial charge in [-0.2, -0.15) is 0 Å². The second-order valence-corrected chi connectivity index (χ2v) is 7.53. The van der Waals surface area contributed by atoms with Gasteiger partial charge < -0.3 is 4.74 Å². The van der Waals surface area contributed by atoms with E-state index in [0.29, 0.717) is 11.1 Å². The summed E-state index contributed by atoms with van der Waals surface area (Å²) in [5.41, 5.74) is 1.57. The largest absolute Gasteiger partial charge is 0.386 e. The van der Waals surface area contributed by atoms with Crippen molar-refractivity contribution < 1.29 is 14.3 Å². The number of benzene rings is 1. The Labute approximate surface area is 164 Å². The van der Waals surface area contributed by atoms with Crippen LogP contribution in [-0.4, -0.2) is 11.9 Å². The maximum atomic E-state index is 11.8. The first-order chi connectivity index (χ1) is 13.2. The zero-order valence-electron chi connectivity index (χ0n) is 16.8. The highest BCUT2D eigenvalue weighted by molar-refractivity contribution is 6.16. The molecule has 0 amide bonds. The first kappa shape index (κ1) is 21.4. The Morgan fingerprint density at radius 2 is 1.37 bits per heavy atom. The van der Waals surface area contributed by atoms with Crippen LogP contribution in [0.1, 0.15) is 117 Å². The van der Waals surface area contributed by atoms with Gasteiger partial charge in [-0.3, -0.25) is 0 Å². The van der Waals surface area contributed by atoms with Gasteiger partial charge in [-0.05, 0) is 24.5 Å². The van der Waals surface area contributed by atoms with E-state index < -0.39 is 11.9 Å². The number of rotatable bonds is 14. The maximum Gasteiger partial charge on any atom is 0.347 e. The van der Waals surface area contributed by atoms with Gasteiger partial charge in [0.2, 0.25) is 0 Å². The zero-order chi connectivity index (χ0) is 19.3. The molecule has 0 aliphatic carbocycles. The lowest BCUT2D eigenvalue weighted by atomic mass is 10.0. The summed E-state index contributed by atoms with van der Waals surface area (Å²) in [6.07, 6.45) is 21.2. The Bertz CT molecular complexity index is 631. The number of hydrogen-bond donors (Lipinski definition) is 0. The van der Waals surface area contributed by atoms with E-state index in [2.05, 4.69) is 17.7 Å². The molecule has 0 saturated carbocycles. The van der Waals surface area contributed by atoms with Crippen molar-refractivity contribution in [2.24, 2.45) is 0 Å². The molecule has 0 atom stereocenters. The van der Waals surface area contributed by atoms with Crippen molar-refractivity contribution in [3.05, 3.63) is 41.0 Å². The summed E-state index contributed by atoms with van der Waals surface area (Å²) in [6.45, 7) is 2.27. The van der Waals surface area contributed by atoms with Gasteiger partial charge >= 0.3 is 11.9 Å². The molecule has 1 aliphatic rings. The van der Waals surface area contributed by atoms with Crippen LogP contribution in [0.4, 0.5) is 0 Å².